The highest BCUT2D eigenvalue weighted by atomic mass is 16.3. The molecule has 0 bridgehead atoms. The van der Waals surface area contributed by atoms with Gasteiger partial charge in [0.15, 0.2) is 0 Å². The minimum Gasteiger partial charge on any atom is -0.380 e. The fraction of sp³-hybridized carbons (Fsp3) is 0.278. The first-order valence-corrected chi connectivity index (χ1v) is 8.11. The van der Waals surface area contributed by atoms with Crippen LogP contribution in [0.1, 0.15) is 27.4 Å². The van der Waals surface area contributed by atoms with Crippen molar-refractivity contribution in [3.63, 3.8) is 0 Å². The molecule has 0 spiro atoms. The first-order valence-electron chi connectivity index (χ1n) is 8.11. The first-order chi connectivity index (χ1) is 12.0. The average Bonchev–Trinajstić information content (AvgIpc) is 3.21. The molecule has 128 valence electrons. The number of carbonyl (C=O) groups excluding carboxylic acids is 1. The maximum atomic E-state index is 12.6. The monoisotopic (exact) mass is 337 g/mol. The lowest BCUT2D eigenvalue weighted by Crippen LogP contribution is -2.61. The van der Waals surface area contributed by atoms with Crippen LogP contribution in [0.25, 0.3) is 5.69 Å². The summed E-state index contributed by atoms with van der Waals surface area (Å²) in [7, 11) is 0. The van der Waals surface area contributed by atoms with E-state index in [1.807, 2.05) is 36.7 Å². The number of H-pyrrole nitrogens is 1. The van der Waals surface area contributed by atoms with Crippen LogP contribution in [0.4, 0.5) is 0 Å². The maximum Gasteiger partial charge on any atom is 0.254 e. The van der Waals surface area contributed by atoms with Gasteiger partial charge in [0.05, 0.1) is 30.2 Å². The normalized spacial score (nSPS) is 15.9. The zero-order valence-electron chi connectivity index (χ0n) is 14.1. The first kappa shape index (κ1) is 15.6. The second-order valence-corrected chi connectivity index (χ2v) is 6.55. The molecule has 1 fully saturated rings. The van der Waals surface area contributed by atoms with Gasteiger partial charge in [-0.05, 0) is 50.2 Å². The van der Waals surface area contributed by atoms with Crippen LogP contribution >= 0.6 is 0 Å². The van der Waals surface area contributed by atoms with Gasteiger partial charge in [0.1, 0.15) is 5.60 Å². The Kier molecular flexibility index (Phi) is 3.47. The lowest BCUT2D eigenvalue weighted by molar-refractivity contribution is -0.0892. The van der Waals surface area contributed by atoms with Gasteiger partial charge in [0.2, 0.25) is 0 Å². The number of benzene rings is 1. The summed E-state index contributed by atoms with van der Waals surface area (Å²) in [5.41, 5.74) is 3.11. The van der Waals surface area contributed by atoms with Crippen LogP contribution in [-0.4, -0.2) is 49.0 Å². The van der Waals surface area contributed by atoms with E-state index < -0.39 is 5.60 Å². The van der Waals surface area contributed by atoms with Crippen molar-refractivity contribution < 1.29 is 9.90 Å². The zero-order valence-corrected chi connectivity index (χ0v) is 14.1. The molecule has 0 unspecified atom stereocenters. The van der Waals surface area contributed by atoms with Gasteiger partial charge in [-0.25, -0.2) is 4.68 Å². The minimum atomic E-state index is -1.03. The summed E-state index contributed by atoms with van der Waals surface area (Å²) in [4.78, 5) is 14.2. The van der Waals surface area contributed by atoms with E-state index in [9.17, 15) is 9.90 Å². The van der Waals surface area contributed by atoms with Crippen LogP contribution in [0.3, 0.4) is 0 Å². The summed E-state index contributed by atoms with van der Waals surface area (Å²) < 4.78 is 1.85. The third-order valence-electron chi connectivity index (χ3n) is 4.56. The van der Waals surface area contributed by atoms with Gasteiger partial charge in [-0.15, -0.1) is 0 Å². The molecule has 25 heavy (non-hydrogen) atoms. The Balaban J connectivity index is 1.48. The van der Waals surface area contributed by atoms with E-state index in [2.05, 4.69) is 15.3 Å². The second-order valence-electron chi connectivity index (χ2n) is 6.55. The fourth-order valence-electron chi connectivity index (χ4n) is 3.23. The van der Waals surface area contributed by atoms with E-state index in [1.165, 1.54) is 0 Å². The number of aromatic amines is 1. The maximum absolute atomic E-state index is 12.6. The molecule has 7 nitrogen and oxygen atoms in total. The van der Waals surface area contributed by atoms with Crippen LogP contribution in [0.15, 0.2) is 42.6 Å². The molecule has 0 saturated carbocycles. The molecule has 0 atom stereocenters. The van der Waals surface area contributed by atoms with Gasteiger partial charge in [-0.1, -0.05) is 0 Å². The van der Waals surface area contributed by atoms with Crippen molar-refractivity contribution in [2.75, 3.05) is 13.1 Å². The number of amides is 1. The summed E-state index contributed by atoms with van der Waals surface area (Å²) in [5.74, 6) is -0.0934. The van der Waals surface area contributed by atoms with Crippen LogP contribution in [0.5, 0.6) is 0 Å². The summed E-state index contributed by atoms with van der Waals surface area (Å²) in [6.07, 6.45) is 1.59. The molecule has 1 aliphatic heterocycles. The Labute approximate surface area is 144 Å². The molecule has 1 amide bonds. The quantitative estimate of drug-likeness (QED) is 0.759. The predicted octanol–water partition coefficient (Wildman–Crippen LogP) is 1.56. The lowest BCUT2D eigenvalue weighted by atomic mass is 9.90. The van der Waals surface area contributed by atoms with E-state index in [0.29, 0.717) is 11.3 Å². The van der Waals surface area contributed by atoms with E-state index in [0.717, 1.165) is 17.1 Å². The Morgan fingerprint density at radius 2 is 1.92 bits per heavy atom. The van der Waals surface area contributed by atoms with Gasteiger partial charge >= 0.3 is 0 Å². The second kappa shape index (κ2) is 5.56. The Hall–Kier alpha value is -2.93. The number of carbonyl (C=O) groups is 1. The molecule has 2 N–H and O–H groups in total. The van der Waals surface area contributed by atoms with Gasteiger partial charge in [0, 0.05) is 17.5 Å². The number of nitrogens with zero attached hydrogens (tertiary/aromatic N) is 4. The number of aryl methyl sites for hydroxylation is 2. The number of hydrogen-bond donors (Lipinski definition) is 2. The molecule has 2 aromatic heterocycles. The summed E-state index contributed by atoms with van der Waals surface area (Å²) in [6, 6.07) is 11.1. The van der Waals surface area contributed by atoms with Gasteiger partial charge in [0.25, 0.3) is 5.91 Å². The highest BCUT2D eigenvalue weighted by Crippen LogP contribution is 2.31. The van der Waals surface area contributed by atoms with Crippen molar-refractivity contribution in [1.29, 1.82) is 0 Å². The minimum absolute atomic E-state index is 0.0934. The SMILES string of the molecule is Cc1cc(C)n(-c2ccc(C(=O)N3CC(O)(c4ccn[nH]4)C3)cc2)n1. The predicted molar refractivity (Wildman–Crippen MR) is 91.4 cm³/mol. The number of hydrogen-bond acceptors (Lipinski definition) is 4. The number of likely N-dealkylation sites (tertiary alicyclic amines) is 1. The van der Waals surface area contributed by atoms with Crippen LogP contribution in [-0.2, 0) is 5.60 Å². The largest absolute Gasteiger partial charge is 0.380 e. The van der Waals surface area contributed by atoms with Crippen LogP contribution < -0.4 is 0 Å². The van der Waals surface area contributed by atoms with Gasteiger partial charge < -0.3 is 10.0 Å². The fourth-order valence-corrected chi connectivity index (χ4v) is 3.23. The number of nitrogens with one attached hydrogen (secondary N) is 1. The molecule has 0 radical (unpaired) electrons. The third-order valence-corrected chi connectivity index (χ3v) is 4.56. The Bertz CT molecular complexity index is 906. The number of rotatable bonds is 3. The average molecular weight is 337 g/mol. The van der Waals surface area contributed by atoms with Crippen molar-refractivity contribution in [2.45, 2.75) is 19.4 Å². The van der Waals surface area contributed by atoms with E-state index >= 15 is 0 Å². The molecule has 3 aromatic rings. The van der Waals surface area contributed by atoms with E-state index in [4.69, 9.17) is 0 Å². The van der Waals surface area contributed by atoms with Crippen LogP contribution in [0.2, 0.25) is 0 Å². The summed E-state index contributed by atoms with van der Waals surface area (Å²) in [5, 5.41) is 21.5. The molecular formula is C18H19N5O2. The van der Waals surface area contributed by atoms with Crippen molar-refractivity contribution in [3.05, 3.63) is 65.2 Å². The van der Waals surface area contributed by atoms with Crippen molar-refractivity contribution in [3.8, 4) is 5.69 Å². The molecule has 4 rings (SSSR count). The Morgan fingerprint density at radius 1 is 1.20 bits per heavy atom. The molecule has 1 aromatic carbocycles. The van der Waals surface area contributed by atoms with Gasteiger partial charge in [-0.3, -0.25) is 9.89 Å². The highest BCUT2D eigenvalue weighted by molar-refractivity contribution is 5.95. The summed E-state index contributed by atoms with van der Waals surface area (Å²) >= 11 is 0. The number of aromatic nitrogens is 4. The third kappa shape index (κ3) is 2.62. The van der Waals surface area contributed by atoms with Crippen molar-refractivity contribution in [2.24, 2.45) is 0 Å². The highest BCUT2D eigenvalue weighted by Gasteiger charge is 2.46. The number of aliphatic hydroxyl groups is 1. The summed E-state index contributed by atoms with van der Waals surface area (Å²) in [6.45, 7) is 4.46. The lowest BCUT2D eigenvalue weighted by Gasteiger charge is -2.45. The molecule has 3 heterocycles. The zero-order chi connectivity index (χ0) is 17.6. The van der Waals surface area contributed by atoms with Crippen LogP contribution in [0, 0.1) is 13.8 Å². The van der Waals surface area contributed by atoms with Crippen molar-refractivity contribution in [1.82, 2.24) is 24.9 Å². The van der Waals surface area contributed by atoms with Gasteiger partial charge in [-0.2, -0.15) is 10.2 Å². The van der Waals surface area contributed by atoms with E-state index in [-0.39, 0.29) is 19.0 Å². The smallest absolute Gasteiger partial charge is 0.254 e. The molecule has 1 saturated heterocycles. The molecular weight excluding hydrogens is 318 g/mol. The molecule has 0 aliphatic carbocycles. The van der Waals surface area contributed by atoms with E-state index in [1.54, 1.807) is 29.3 Å². The standard InChI is InChI=1S/C18H19N5O2/c1-12-9-13(2)23(21-12)15-5-3-14(4-6-15)17(24)22-10-18(25,11-22)16-7-8-19-20-16/h3-9,25H,10-11H2,1-2H3,(H,19,20). The molecule has 7 heteroatoms. The topological polar surface area (TPSA) is 87.0 Å². The number of β-amino-alcohol motifs (C(OH)–C–C–N with tert-alkyl or cyclic N) is 1. The van der Waals surface area contributed by atoms with Crippen molar-refractivity contribution >= 4 is 5.91 Å². The Morgan fingerprint density at radius 3 is 2.48 bits per heavy atom. The molecule has 1 aliphatic rings.